The van der Waals surface area contributed by atoms with Gasteiger partial charge in [-0.3, -0.25) is 4.79 Å². The van der Waals surface area contributed by atoms with Crippen molar-refractivity contribution in [2.24, 2.45) is 0 Å². The van der Waals surface area contributed by atoms with Crippen LogP contribution in [0.3, 0.4) is 0 Å². The molecule has 106 valence electrons. The van der Waals surface area contributed by atoms with Crippen LogP contribution >= 0.6 is 11.8 Å². The number of fused-ring (bicyclic) bond motifs is 1. The number of nitrogens with two attached hydrogens (primary N) is 1. The van der Waals surface area contributed by atoms with E-state index in [0.717, 1.165) is 21.3 Å². The highest BCUT2D eigenvalue weighted by Gasteiger charge is 2.08. The number of amides is 1. The van der Waals surface area contributed by atoms with Crippen LogP contribution in [0.15, 0.2) is 52.8 Å². The number of hydrogen-bond donors (Lipinski definition) is 2. The second-order valence-corrected chi connectivity index (χ2v) is 5.50. The van der Waals surface area contributed by atoms with Crippen LogP contribution in [0.2, 0.25) is 0 Å². The maximum atomic E-state index is 11.0. The Morgan fingerprint density at radius 1 is 1.33 bits per heavy atom. The number of carbonyl (C=O) groups excluding carboxylic acids is 1. The molecule has 0 aliphatic carbocycles. The predicted octanol–water partition coefficient (Wildman–Crippen LogP) is 2.42. The van der Waals surface area contributed by atoms with E-state index in [2.05, 4.69) is 15.3 Å². The lowest BCUT2D eigenvalue weighted by molar-refractivity contribution is -0.114. The van der Waals surface area contributed by atoms with Gasteiger partial charge in [-0.25, -0.2) is 9.97 Å². The molecule has 3 N–H and O–H groups in total. The molecule has 2 aromatic heterocycles. The lowest BCUT2D eigenvalue weighted by Crippen LogP contribution is -2.05. The van der Waals surface area contributed by atoms with Crippen molar-refractivity contribution in [1.82, 2.24) is 14.4 Å². The summed E-state index contributed by atoms with van der Waals surface area (Å²) in [6.07, 6.45) is 5.27. The smallest absolute Gasteiger partial charge is 0.221 e. The van der Waals surface area contributed by atoms with Crippen molar-refractivity contribution in [3.63, 3.8) is 0 Å². The largest absolute Gasteiger partial charge is 0.382 e. The summed E-state index contributed by atoms with van der Waals surface area (Å²) in [5.74, 6) is 0.352. The average molecular weight is 299 g/mol. The fourth-order valence-corrected chi connectivity index (χ4v) is 2.81. The van der Waals surface area contributed by atoms with Gasteiger partial charge in [0.25, 0.3) is 0 Å². The van der Waals surface area contributed by atoms with Gasteiger partial charge in [0, 0.05) is 29.9 Å². The van der Waals surface area contributed by atoms with Crippen molar-refractivity contribution in [2.75, 3.05) is 11.1 Å². The fourth-order valence-electron chi connectivity index (χ4n) is 1.91. The third-order valence-corrected chi connectivity index (χ3v) is 3.73. The molecule has 1 aromatic carbocycles. The molecule has 0 aliphatic rings. The van der Waals surface area contributed by atoms with E-state index >= 15 is 0 Å². The van der Waals surface area contributed by atoms with Gasteiger partial charge in [-0.2, -0.15) is 0 Å². The van der Waals surface area contributed by atoms with Crippen LogP contribution in [0.4, 0.5) is 11.5 Å². The number of hydrogen-bond acceptors (Lipinski definition) is 5. The van der Waals surface area contributed by atoms with E-state index in [-0.39, 0.29) is 5.91 Å². The molecular weight excluding hydrogens is 286 g/mol. The van der Waals surface area contributed by atoms with Gasteiger partial charge in [0.15, 0.2) is 5.65 Å². The lowest BCUT2D eigenvalue weighted by Gasteiger charge is -2.06. The molecule has 3 rings (SSSR count). The molecule has 1 amide bonds. The molecule has 3 aromatic rings. The summed E-state index contributed by atoms with van der Waals surface area (Å²) in [5, 5.41) is 3.47. The van der Waals surface area contributed by atoms with Gasteiger partial charge in [0.05, 0.1) is 6.20 Å². The molecule has 0 fully saturated rings. The maximum Gasteiger partial charge on any atom is 0.221 e. The zero-order chi connectivity index (χ0) is 14.8. The van der Waals surface area contributed by atoms with Gasteiger partial charge >= 0.3 is 0 Å². The van der Waals surface area contributed by atoms with Crippen molar-refractivity contribution in [2.45, 2.75) is 16.8 Å². The topological polar surface area (TPSA) is 85.3 Å². The van der Waals surface area contributed by atoms with Crippen LogP contribution in [0.5, 0.6) is 0 Å². The first kappa shape index (κ1) is 13.4. The summed E-state index contributed by atoms with van der Waals surface area (Å²) in [4.78, 5) is 20.6. The summed E-state index contributed by atoms with van der Waals surface area (Å²) >= 11 is 1.48. The summed E-state index contributed by atoms with van der Waals surface area (Å²) in [6, 6.07) is 7.53. The first-order valence-corrected chi connectivity index (χ1v) is 7.08. The molecule has 0 saturated carbocycles. The number of carbonyl (C=O) groups is 1. The number of benzene rings is 1. The third kappa shape index (κ3) is 2.97. The zero-order valence-corrected chi connectivity index (χ0v) is 12.1. The molecule has 2 heterocycles. The quantitative estimate of drug-likeness (QED) is 0.775. The minimum atomic E-state index is -0.0907. The molecule has 6 nitrogen and oxygen atoms in total. The second-order valence-electron chi connectivity index (χ2n) is 4.44. The molecular formula is C14H13N5OS. The third-order valence-electron chi connectivity index (χ3n) is 2.75. The molecule has 0 bridgehead atoms. The SMILES string of the molecule is CC(=O)Nc1ccc(Sc2nc(N)cn3ccnc23)cc1. The average Bonchev–Trinajstić information content (AvgIpc) is 2.88. The number of rotatable bonds is 3. The van der Waals surface area contributed by atoms with Crippen molar-refractivity contribution in [3.8, 4) is 0 Å². The van der Waals surface area contributed by atoms with Crippen molar-refractivity contribution in [3.05, 3.63) is 42.9 Å². The van der Waals surface area contributed by atoms with E-state index in [1.807, 2.05) is 34.9 Å². The van der Waals surface area contributed by atoms with E-state index in [9.17, 15) is 4.79 Å². The molecule has 0 unspecified atom stereocenters. The number of imidazole rings is 1. The number of nitrogen functional groups attached to an aromatic ring is 1. The van der Waals surface area contributed by atoms with Crippen LogP contribution in [0, 0.1) is 0 Å². The number of nitrogens with one attached hydrogen (secondary N) is 1. The number of aromatic nitrogens is 3. The van der Waals surface area contributed by atoms with E-state index in [4.69, 9.17) is 5.73 Å². The van der Waals surface area contributed by atoms with Crippen LogP contribution in [-0.2, 0) is 4.79 Å². The summed E-state index contributed by atoms with van der Waals surface area (Å²) in [5.41, 5.74) is 7.32. The van der Waals surface area contributed by atoms with Crippen LogP contribution in [-0.4, -0.2) is 20.3 Å². The van der Waals surface area contributed by atoms with Crippen molar-refractivity contribution >= 4 is 34.8 Å². The van der Waals surface area contributed by atoms with E-state index in [1.165, 1.54) is 18.7 Å². The molecule has 7 heteroatoms. The molecule has 0 radical (unpaired) electrons. The first-order chi connectivity index (χ1) is 10.1. The van der Waals surface area contributed by atoms with Gasteiger partial charge in [-0.1, -0.05) is 11.8 Å². The molecule has 0 aliphatic heterocycles. The minimum Gasteiger partial charge on any atom is -0.382 e. The van der Waals surface area contributed by atoms with Crippen molar-refractivity contribution in [1.29, 1.82) is 0 Å². The van der Waals surface area contributed by atoms with Gasteiger partial charge in [-0.15, -0.1) is 0 Å². The highest BCUT2D eigenvalue weighted by molar-refractivity contribution is 7.99. The Labute approximate surface area is 125 Å². The Kier molecular flexibility index (Phi) is 3.49. The van der Waals surface area contributed by atoms with Gasteiger partial charge < -0.3 is 15.5 Å². The first-order valence-electron chi connectivity index (χ1n) is 6.26. The van der Waals surface area contributed by atoms with Crippen LogP contribution < -0.4 is 11.1 Å². The predicted molar refractivity (Wildman–Crippen MR) is 82.3 cm³/mol. The van der Waals surface area contributed by atoms with E-state index in [0.29, 0.717) is 5.82 Å². The molecule has 0 atom stereocenters. The minimum absolute atomic E-state index is 0.0907. The molecule has 0 spiro atoms. The summed E-state index contributed by atoms with van der Waals surface area (Å²) in [6.45, 7) is 1.48. The normalized spacial score (nSPS) is 10.7. The monoisotopic (exact) mass is 299 g/mol. The standard InChI is InChI=1S/C14H13N5OS/c1-9(20)17-10-2-4-11(5-3-10)21-14-13-16-6-7-19(13)8-12(15)18-14/h2-8H,15H2,1H3,(H,17,20). The number of anilines is 2. The summed E-state index contributed by atoms with van der Waals surface area (Å²) < 4.78 is 1.84. The van der Waals surface area contributed by atoms with Crippen LogP contribution in [0.1, 0.15) is 6.92 Å². The van der Waals surface area contributed by atoms with Gasteiger partial charge in [0.1, 0.15) is 10.8 Å². The Morgan fingerprint density at radius 2 is 2.10 bits per heavy atom. The van der Waals surface area contributed by atoms with Gasteiger partial charge in [0.2, 0.25) is 5.91 Å². The molecule has 0 saturated heterocycles. The maximum absolute atomic E-state index is 11.0. The van der Waals surface area contributed by atoms with Crippen LogP contribution in [0.25, 0.3) is 5.65 Å². The Bertz CT molecular complexity index is 797. The Balaban J connectivity index is 1.88. The lowest BCUT2D eigenvalue weighted by atomic mass is 10.3. The second kappa shape index (κ2) is 5.45. The molecule has 21 heavy (non-hydrogen) atoms. The fraction of sp³-hybridized carbons (Fsp3) is 0.0714. The highest BCUT2D eigenvalue weighted by Crippen LogP contribution is 2.30. The Hall–Kier alpha value is -2.54. The zero-order valence-electron chi connectivity index (χ0n) is 11.3. The van der Waals surface area contributed by atoms with E-state index in [1.54, 1.807) is 12.4 Å². The van der Waals surface area contributed by atoms with Gasteiger partial charge in [-0.05, 0) is 24.3 Å². The summed E-state index contributed by atoms with van der Waals surface area (Å²) in [7, 11) is 0. The van der Waals surface area contributed by atoms with E-state index < -0.39 is 0 Å². The Morgan fingerprint density at radius 3 is 2.81 bits per heavy atom. The number of nitrogens with zero attached hydrogens (tertiary/aromatic N) is 3. The highest BCUT2D eigenvalue weighted by atomic mass is 32.2. The van der Waals surface area contributed by atoms with Crippen molar-refractivity contribution < 1.29 is 4.79 Å².